The number of hydrogen-bond acceptors (Lipinski definition) is 6. The molecule has 0 aromatic heterocycles. The fourth-order valence-corrected chi connectivity index (χ4v) is 5.53. The van der Waals surface area contributed by atoms with E-state index in [1.165, 1.54) is 0 Å². The zero-order valence-corrected chi connectivity index (χ0v) is 27.4. The van der Waals surface area contributed by atoms with Crippen LogP contribution in [0.25, 0.3) is 0 Å². The molecular formula is C37H47N3O6. The second-order valence-electron chi connectivity index (χ2n) is 12.3. The number of hydrogen-bond donors (Lipinski definition) is 2. The average Bonchev–Trinajstić information content (AvgIpc) is 3.06. The fourth-order valence-electron chi connectivity index (χ4n) is 5.53. The maximum atomic E-state index is 14.3. The van der Waals surface area contributed by atoms with Crippen LogP contribution >= 0.6 is 0 Å². The van der Waals surface area contributed by atoms with E-state index in [9.17, 15) is 19.5 Å². The molecule has 1 aliphatic rings. The fraction of sp³-hybridized carbons (Fsp3) is 0.432. The predicted octanol–water partition coefficient (Wildman–Crippen LogP) is 5.44. The summed E-state index contributed by atoms with van der Waals surface area (Å²) in [4.78, 5) is 43.7. The summed E-state index contributed by atoms with van der Waals surface area (Å²) in [6, 6.07) is 23.1. The molecule has 9 nitrogen and oxygen atoms in total. The molecule has 0 aliphatic carbocycles. The normalized spacial score (nSPS) is 20.1. The molecule has 1 heterocycles. The number of rotatable bonds is 8. The second-order valence-corrected chi connectivity index (χ2v) is 12.3. The van der Waals surface area contributed by atoms with Gasteiger partial charge in [-0.05, 0) is 69.0 Å². The van der Waals surface area contributed by atoms with Gasteiger partial charge in [0.2, 0.25) is 5.91 Å². The molecule has 0 fully saturated rings. The minimum Gasteiger partial charge on any atom is -0.490 e. The highest BCUT2D eigenvalue weighted by Crippen LogP contribution is 2.29. The first kappa shape index (κ1) is 34.7. The van der Waals surface area contributed by atoms with Crippen LogP contribution in [0.4, 0.5) is 5.69 Å². The number of likely N-dealkylation sites (N-methyl/N-ethyl adjacent to an activating group) is 1. The summed E-state index contributed by atoms with van der Waals surface area (Å²) < 4.78 is 12.7. The Labute approximate surface area is 272 Å². The van der Waals surface area contributed by atoms with E-state index in [0.29, 0.717) is 42.1 Å². The molecule has 3 aromatic rings. The Morgan fingerprint density at radius 2 is 1.72 bits per heavy atom. The smallest absolute Gasteiger partial charge is 0.258 e. The van der Waals surface area contributed by atoms with Gasteiger partial charge in [0.1, 0.15) is 5.75 Å². The molecule has 46 heavy (non-hydrogen) atoms. The van der Waals surface area contributed by atoms with Crippen molar-refractivity contribution < 1.29 is 29.0 Å². The highest BCUT2D eigenvalue weighted by atomic mass is 16.5. The van der Waals surface area contributed by atoms with Crippen molar-refractivity contribution in [3.8, 4) is 5.75 Å². The zero-order chi connectivity index (χ0) is 33.1. The third-order valence-electron chi connectivity index (χ3n) is 8.42. The van der Waals surface area contributed by atoms with Crippen LogP contribution in [0.3, 0.4) is 0 Å². The van der Waals surface area contributed by atoms with Crippen molar-refractivity contribution in [1.29, 1.82) is 0 Å². The molecular weight excluding hydrogens is 582 g/mol. The van der Waals surface area contributed by atoms with E-state index < -0.39 is 6.04 Å². The predicted molar refractivity (Wildman–Crippen MR) is 179 cm³/mol. The number of carbonyl (C=O) groups is 3. The molecule has 1 aliphatic heterocycles. The summed E-state index contributed by atoms with van der Waals surface area (Å²) in [6.07, 6.45) is 2.25. The highest BCUT2D eigenvalue weighted by Gasteiger charge is 2.31. The van der Waals surface area contributed by atoms with Gasteiger partial charge >= 0.3 is 0 Å². The van der Waals surface area contributed by atoms with Gasteiger partial charge in [-0.2, -0.15) is 0 Å². The number of ether oxygens (including phenoxy) is 2. The van der Waals surface area contributed by atoms with Crippen LogP contribution in [-0.4, -0.2) is 84.2 Å². The minimum atomic E-state index is -0.506. The molecule has 0 radical (unpaired) electrons. The minimum absolute atomic E-state index is 0.0111. The number of benzene rings is 3. The van der Waals surface area contributed by atoms with E-state index in [1.807, 2.05) is 50.2 Å². The molecule has 0 spiro atoms. The van der Waals surface area contributed by atoms with E-state index >= 15 is 0 Å². The summed E-state index contributed by atoms with van der Waals surface area (Å²) in [5, 5.41) is 13.1. The number of amides is 3. The first-order chi connectivity index (χ1) is 22.2. The van der Waals surface area contributed by atoms with Crippen molar-refractivity contribution in [2.24, 2.45) is 5.92 Å². The summed E-state index contributed by atoms with van der Waals surface area (Å²) in [5.74, 6) is -0.367. The zero-order valence-electron chi connectivity index (χ0n) is 27.4. The lowest BCUT2D eigenvalue weighted by Crippen LogP contribution is -2.48. The van der Waals surface area contributed by atoms with Crippen molar-refractivity contribution >= 4 is 23.4 Å². The van der Waals surface area contributed by atoms with Gasteiger partial charge in [-0.15, -0.1) is 0 Å². The first-order valence-electron chi connectivity index (χ1n) is 16.1. The van der Waals surface area contributed by atoms with E-state index in [-0.39, 0.29) is 49.0 Å². The monoisotopic (exact) mass is 629 g/mol. The maximum absolute atomic E-state index is 14.3. The van der Waals surface area contributed by atoms with E-state index in [2.05, 4.69) is 5.32 Å². The highest BCUT2D eigenvalue weighted by molar-refractivity contribution is 6.05. The van der Waals surface area contributed by atoms with Gasteiger partial charge in [0, 0.05) is 43.9 Å². The lowest BCUT2D eigenvalue weighted by Gasteiger charge is -2.36. The Morgan fingerprint density at radius 1 is 1.02 bits per heavy atom. The molecule has 2 N–H and O–H groups in total. The van der Waals surface area contributed by atoms with Crippen LogP contribution in [0.2, 0.25) is 0 Å². The maximum Gasteiger partial charge on any atom is 0.258 e. The van der Waals surface area contributed by atoms with Gasteiger partial charge in [0.15, 0.2) is 0 Å². The van der Waals surface area contributed by atoms with Crippen molar-refractivity contribution in [1.82, 2.24) is 9.80 Å². The van der Waals surface area contributed by atoms with Gasteiger partial charge in [-0.25, -0.2) is 0 Å². The third-order valence-corrected chi connectivity index (χ3v) is 8.42. The molecule has 4 rings (SSSR count). The second kappa shape index (κ2) is 16.9. The Bertz CT molecular complexity index is 1430. The SMILES string of the molecule is C[C@H]1CCCCO[C@@H](CN(C)C(=O)Cc2ccccc2)[C@@H](C)CN([C@@H](C)CO)C(=O)c2cc(NC(=O)c3ccccc3)ccc2O1. The number of aliphatic hydroxyl groups is 1. The number of fused-ring (bicyclic) bond motifs is 1. The summed E-state index contributed by atoms with van der Waals surface area (Å²) in [6.45, 7) is 6.70. The third kappa shape index (κ3) is 9.64. The topological polar surface area (TPSA) is 108 Å². The van der Waals surface area contributed by atoms with Crippen molar-refractivity contribution in [2.75, 3.05) is 38.7 Å². The molecule has 246 valence electrons. The van der Waals surface area contributed by atoms with Crippen molar-refractivity contribution in [3.63, 3.8) is 0 Å². The van der Waals surface area contributed by atoms with Gasteiger partial charge < -0.3 is 29.7 Å². The van der Waals surface area contributed by atoms with E-state index in [4.69, 9.17) is 9.47 Å². The van der Waals surface area contributed by atoms with Crippen LogP contribution in [0.15, 0.2) is 78.9 Å². The average molecular weight is 630 g/mol. The Balaban J connectivity index is 1.60. The number of anilines is 1. The Hall–Kier alpha value is -4.21. The number of carbonyl (C=O) groups excluding carboxylic acids is 3. The number of nitrogens with one attached hydrogen (secondary N) is 1. The van der Waals surface area contributed by atoms with Crippen LogP contribution in [0.5, 0.6) is 5.75 Å². The van der Waals surface area contributed by atoms with E-state index in [0.717, 1.165) is 24.8 Å². The molecule has 0 bridgehead atoms. The Kier molecular flexibility index (Phi) is 12.7. The number of aliphatic hydroxyl groups excluding tert-OH is 1. The lowest BCUT2D eigenvalue weighted by atomic mass is 10.0. The first-order valence-corrected chi connectivity index (χ1v) is 16.1. The van der Waals surface area contributed by atoms with E-state index in [1.54, 1.807) is 66.2 Å². The van der Waals surface area contributed by atoms with Crippen molar-refractivity contribution in [3.05, 3.63) is 95.6 Å². The van der Waals surface area contributed by atoms with Gasteiger partial charge in [0.05, 0.1) is 36.8 Å². The van der Waals surface area contributed by atoms with Gasteiger partial charge in [-0.3, -0.25) is 14.4 Å². The van der Waals surface area contributed by atoms with Crippen molar-refractivity contribution in [2.45, 2.75) is 64.7 Å². The largest absolute Gasteiger partial charge is 0.490 e. The van der Waals surface area contributed by atoms with Gasteiger partial charge in [-0.1, -0.05) is 55.5 Å². The van der Waals surface area contributed by atoms with Crippen LogP contribution in [-0.2, 0) is 16.0 Å². The molecule has 9 heteroatoms. The molecule has 0 saturated heterocycles. The van der Waals surface area contributed by atoms with Crippen LogP contribution < -0.4 is 10.1 Å². The van der Waals surface area contributed by atoms with Gasteiger partial charge in [0.25, 0.3) is 11.8 Å². The molecule has 0 unspecified atom stereocenters. The number of nitrogens with zero attached hydrogens (tertiary/aromatic N) is 2. The molecule has 0 saturated carbocycles. The summed E-state index contributed by atoms with van der Waals surface area (Å²) in [5.41, 5.74) is 2.21. The van der Waals surface area contributed by atoms with Crippen LogP contribution in [0, 0.1) is 5.92 Å². The quantitative estimate of drug-likeness (QED) is 0.344. The lowest BCUT2D eigenvalue weighted by molar-refractivity contribution is -0.131. The summed E-state index contributed by atoms with van der Waals surface area (Å²) >= 11 is 0. The van der Waals surface area contributed by atoms with Crippen LogP contribution in [0.1, 0.15) is 66.3 Å². The molecule has 4 atom stereocenters. The molecule has 3 aromatic carbocycles. The standard InChI is InChI=1S/C37H47N3O6/c1-26-23-40(27(2)25-41)37(44)32-22-31(38-36(43)30-16-9-6-10-17-30)18-19-33(32)46-28(3)13-11-12-20-45-34(26)24-39(4)35(42)21-29-14-7-5-8-15-29/h5-10,14-19,22,26-28,34,41H,11-13,20-21,23-25H2,1-4H3,(H,38,43)/t26-,27-,28-,34-/m0/s1. The Morgan fingerprint density at radius 3 is 2.41 bits per heavy atom. The summed E-state index contributed by atoms with van der Waals surface area (Å²) in [7, 11) is 1.78. The molecule has 3 amide bonds.